The largest absolute Gasteiger partial charge is 0.312 e. The van der Waals surface area contributed by atoms with Crippen LogP contribution in [0.25, 0.3) is 0 Å². The van der Waals surface area contributed by atoms with Gasteiger partial charge in [0.05, 0.1) is 0 Å². The van der Waals surface area contributed by atoms with E-state index in [9.17, 15) is 0 Å². The third-order valence-corrected chi connectivity index (χ3v) is 2.90. The Bertz CT molecular complexity index is 336. The quantitative estimate of drug-likeness (QED) is 0.634. The second kappa shape index (κ2) is 7.04. The first-order valence-electron chi connectivity index (χ1n) is 5.00. The molecule has 0 amide bonds. The van der Waals surface area contributed by atoms with Crippen molar-refractivity contribution in [2.45, 2.75) is 19.9 Å². The second-order valence-corrected chi connectivity index (χ2v) is 4.59. The van der Waals surface area contributed by atoms with Gasteiger partial charge in [0.15, 0.2) is 0 Å². The fraction of sp³-hybridized carbons (Fsp3) is 0.333. The molecule has 0 heterocycles. The molecule has 0 aliphatic carbocycles. The monoisotopic (exact) mass is 287 g/mol. The summed E-state index contributed by atoms with van der Waals surface area (Å²) in [7, 11) is 0. The molecule has 0 aromatic heterocycles. The number of rotatable bonds is 5. The second-order valence-electron chi connectivity index (χ2n) is 3.27. The Labute approximate surface area is 105 Å². The van der Waals surface area contributed by atoms with E-state index in [0.717, 1.165) is 34.6 Å². The number of nitrogens with one attached hydrogen (secondary N) is 1. The summed E-state index contributed by atoms with van der Waals surface area (Å²) in [6.45, 7) is 3.84. The van der Waals surface area contributed by atoms with Gasteiger partial charge < -0.3 is 5.32 Å². The Hall–Kier alpha value is -0.310. The molecule has 1 aromatic rings. The summed E-state index contributed by atoms with van der Waals surface area (Å²) < 4.78 is 1.02. The maximum atomic E-state index is 6.09. The number of halogens is 2. The van der Waals surface area contributed by atoms with Gasteiger partial charge in [-0.3, -0.25) is 0 Å². The van der Waals surface area contributed by atoms with Gasteiger partial charge in [0.2, 0.25) is 0 Å². The van der Waals surface area contributed by atoms with Crippen molar-refractivity contribution in [2.75, 3.05) is 6.54 Å². The van der Waals surface area contributed by atoms with Gasteiger partial charge in [-0.25, -0.2) is 0 Å². The molecule has 0 unspecified atom stereocenters. The molecular formula is C12H15BrClN. The van der Waals surface area contributed by atoms with E-state index in [-0.39, 0.29) is 0 Å². The molecule has 1 rings (SSSR count). The average Bonchev–Trinajstić information content (AvgIpc) is 2.20. The molecule has 0 saturated heterocycles. The van der Waals surface area contributed by atoms with Crippen molar-refractivity contribution in [2.24, 2.45) is 0 Å². The summed E-state index contributed by atoms with van der Waals surface area (Å²) in [6, 6.07) is 5.97. The van der Waals surface area contributed by atoms with Crippen molar-refractivity contribution in [3.8, 4) is 0 Å². The lowest BCUT2D eigenvalue weighted by Crippen LogP contribution is -2.14. The predicted molar refractivity (Wildman–Crippen MR) is 70.3 cm³/mol. The molecule has 0 aliphatic heterocycles. The number of allylic oxidation sites excluding steroid dienone is 1. The Balaban J connectivity index is 2.37. The molecule has 1 N–H and O–H groups in total. The van der Waals surface area contributed by atoms with Crippen molar-refractivity contribution in [1.29, 1.82) is 0 Å². The van der Waals surface area contributed by atoms with Gasteiger partial charge in [-0.15, -0.1) is 0 Å². The zero-order valence-corrected chi connectivity index (χ0v) is 11.1. The van der Waals surface area contributed by atoms with E-state index in [0.29, 0.717) is 0 Å². The number of hydrogen-bond donors (Lipinski definition) is 1. The van der Waals surface area contributed by atoms with Gasteiger partial charge in [-0.05, 0) is 37.6 Å². The molecule has 82 valence electrons. The first-order valence-corrected chi connectivity index (χ1v) is 6.17. The zero-order valence-electron chi connectivity index (χ0n) is 8.76. The Morgan fingerprint density at radius 2 is 2.27 bits per heavy atom. The van der Waals surface area contributed by atoms with Gasteiger partial charge in [0, 0.05) is 16.0 Å². The average molecular weight is 289 g/mol. The van der Waals surface area contributed by atoms with Crippen LogP contribution in [0, 0.1) is 0 Å². The third kappa shape index (κ3) is 4.83. The topological polar surface area (TPSA) is 12.0 Å². The summed E-state index contributed by atoms with van der Waals surface area (Å²) >= 11 is 9.47. The zero-order chi connectivity index (χ0) is 11.1. The molecule has 0 saturated carbocycles. The summed E-state index contributed by atoms with van der Waals surface area (Å²) in [4.78, 5) is 0. The Kier molecular flexibility index (Phi) is 5.99. The molecule has 0 atom stereocenters. The summed E-state index contributed by atoms with van der Waals surface area (Å²) in [5, 5.41) is 4.15. The summed E-state index contributed by atoms with van der Waals surface area (Å²) in [5.74, 6) is 0. The summed E-state index contributed by atoms with van der Waals surface area (Å²) in [6.07, 6.45) is 5.27. The standard InChI is InChI=1S/C12H15BrClN/c1-2-3-4-7-15-9-10-5-6-11(13)8-12(10)14/h2-3,5-6,8,15H,4,7,9H2,1H3/b3-2+. The predicted octanol–water partition coefficient (Wildman–Crippen LogP) is 4.16. The van der Waals surface area contributed by atoms with Crippen LogP contribution in [0.5, 0.6) is 0 Å². The van der Waals surface area contributed by atoms with Crippen molar-refractivity contribution in [3.63, 3.8) is 0 Å². The van der Waals surface area contributed by atoms with Crippen LogP contribution >= 0.6 is 27.5 Å². The van der Waals surface area contributed by atoms with E-state index in [1.807, 2.05) is 25.1 Å². The van der Waals surface area contributed by atoms with Gasteiger partial charge in [-0.2, -0.15) is 0 Å². The van der Waals surface area contributed by atoms with Crippen molar-refractivity contribution < 1.29 is 0 Å². The fourth-order valence-electron chi connectivity index (χ4n) is 1.24. The third-order valence-electron chi connectivity index (χ3n) is 2.05. The number of benzene rings is 1. The molecule has 0 aliphatic rings. The SMILES string of the molecule is C/C=C/CCNCc1ccc(Br)cc1Cl. The highest BCUT2D eigenvalue weighted by atomic mass is 79.9. The lowest BCUT2D eigenvalue weighted by molar-refractivity contribution is 0.695. The van der Waals surface area contributed by atoms with Crippen LogP contribution in [0.3, 0.4) is 0 Å². The first-order chi connectivity index (χ1) is 7.24. The van der Waals surface area contributed by atoms with Gasteiger partial charge >= 0.3 is 0 Å². The van der Waals surface area contributed by atoms with E-state index in [1.165, 1.54) is 0 Å². The van der Waals surface area contributed by atoms with Gasteiger partial charge in [0.1, 0.15) is 0 Å². The lowest BCUT2D eigenvalue weighted by Gasteiger charge is -2.05. The molecule has 0 bridgehead atoms. The van der Waals surface area contributed by atoms with Crippen molar-refractivity contribution in [1.82, 2.24) is 5.32 Å². The Morgan fingerprint density at radius 1 is 1.47 bits per heavy atom. The van der Waals surface area contributed by atoms with Crippen molar-refractivity contribution >= 4 is 27.5 Å². The van der Waals surface area contributed by atoms with Gasteiger partial charge in [-0.1, -0.05) is 45.7 Å². The maximum Gasteiger partial charge on any atom is 0.0462 e. The van der Waals surface area contributed by atoms with Crippen molar-refractivity contribution in [3.05, 3.63) is 45.4 Å². The minimum atomic E-state index is 0.808. The van der Waals surface area contributed by atoms with Crippen LogP contribution in [0.1, 0.15) is 18.9 Å². The van der Waals surface area contributed by atoms with Crippen LogP contribution in [0.15, 0.2) is 34.8 Å². The van der Waals surface area contributed by atoms with Gasteiger partial charge in [0.25, 0.3) is 0 Å². The van der Waals surface area contributed by atoms with Crippen LogP contribution in [0.4, 0.5) is 0 Å². The van der Waals surface area contributed by atoms with Crippen LogP contribution in [-0.2, 0) is 6.54 Å². The van der Waals surface area contributed by atoms with Crippen LogP contribution < -0.4 is 5.32 Å². The highest BCUT2D eigenvalue weighted by molar-refractivity contribution is 9.10. The van der Waals surface area contributed by atoms with E-state index in [4.69, 9.17) is 11.6 Å². The first kappa shape index (κ1) is 12.8. The lowest BCUT2D eigenvalue weighted by atomic mass is 10.2. The normalized spacial score (nSPS) is 11.1. The highest BCUT2D eigenvalue weighted by Crippen LogP contribution is 2.20. The van der Waals surface area contributed by atoms with E-state index >= 15 is 0 Å². The number of hydrogen-bond acceptors (Lipinski definition) is 1. The van der Waals surface area contributed by atoms with E-state index in [1.54, 1.807) is 0 Å². The maximum absolute atomic E-state index is 6.09. The fourth-order valence-corrected chi connectivity index (χ4v) is 1.98. The highest BCUT2D eigenvalue weighted by Gasteiger charge is 1.99. The molecular weight excluding hydrogens is 273 g/mol. The molecule has 3 heteroatoms. The molecule has 1 aromatic carbocycles. The molecule has 0 radical (unpaired) electrons. The molecule has 15 heavy (non-hydrogen) atoms. The smallest absolute Gasteiger partial charge is 0.0462 e. The van der Waals surface area contributed by atoms with E-state index < -0.39 is 0 Å². The Morgan fingerprint density at radius 3 is 2.93 bits per heavy atom. The van der Waals surface area contributed by atoms with Crippen LogP contribution in [-0.4, -0.2) is 6.54 Å². The minimum absolute atomic E-state index is 0.808. The molecule has 0 fully saturated rings. The minimum Gasteiger partial charge on any atom is -0.312 e. The van der Waals surface area contributed by atoms with Crippen LogP contribution in [0.2, 0.25) is 5.02 Å². The molecule has 0 spiro atoms. The van der Waals surface area contributed by atoms with E-state index in [2.05, 4.69) is 33.4 Å². The summed E-state index contributed by atoms with van der Waals surface area (Å²) in [5.41, 5.74) is 1.14. The molecule has 1 nitrogen and oxygen atoms in total.